The zero-order valence-electron chi connectivity index (χ0n) is 10.6. The van der Waals surface area contributed by atoms with Crippen molar-refractivity contribution in [2.24, 2.45) is 0 Å². The van der Waals surface area contributed by atoms with E-state index in [1.807, 2.05) is 6.20 Å². The molecule has 0 radical (unpaired) electrons. The molecule has 0 aromatic carbocycles. The molecule has 5 heteroatoms. The van der Waals surface area contributed by atoms with E-state index in [1.165, 1.54) is 12.3 Å². The second-order valence-corrected chi connectivity index (χ2v) is 9.76. The third kappa shape index (κ3) is 3.28. The summed E-state index contributed by atoms with van der Waals surface area (Å²) >= 11 is 0. The minimum Gasteiger partial charge on any atom is -0.238 e. The number of pyridine rings is 1. The van der Waals surface area contributed by atoms with Gasteiger partial charge < -0.3 is 0 Å². The molecule has 0 N–H and O–H groups in total. The van der Waals surface area contributed by atoms with E-state index in [2.05, 4.69) is 41.2 Å². The summed E-state index contributed by atoms with van der Waals surface area (Å²) in [5, 5.41) is 4.18. The van der Waals surface area contributed by atoms with E-state index in [9.17, 15) is 4.39 Å². The summed E-state index contributed by atoms with van der Waals surface area (Å²) in [7, 11) is -1.38. The molecule has 0 aliphatic heterocycles. The summed E-state index contributed by atoms with van der Waals surface area (Å²) < 4.78 is 14.3. The average Bonchev–Trinajstić information content (AvgIpc) is 2.75. The van der Waals surface area contributed by atoms with Gasteiger partial charge in [-0.25, -0.2) is 9.67 Å². The first-order valence-electron chi connectivity index (χ1n) is 5.64. The summed E-state index contributed by atoms with van der Waals surface area (Å²) in [5.41, 5.74) is 4.85. The third-order valence-electron chi connectivity index (χ3n) is 2.14. The number of halogens is 1. The molecule has 0 saturated heterocycles. The van der Waals surface area contributed by atoms with Gasteiger partial charge >= 0.3 is 0 Å². The molecule has 0 spiro atoms. The number of rotatable bonds is 1. The lowest BCUT2D eigenvalue weighted by Crippen LogP contribution is -2.16. The second kappa shape index (κ2) is 4.74. The minimum atomic E-state index is -1.38. The minimum absolute atomic E-state index is 0.496. The van der Waals surface area contributed by atoms with Gasteiger partial charge in [-0.3, -0.25) is 0 Å². The van der Waals surface area contributed by atoms with Crippen LogP contribution in [0.2, 0.25) is 19.6 Å². The van der Waals surface area contributed by atoms with Crippen LogP contribution in [0.25, 0.3) is 5.69 Å². The highest BCUT2D eigenvalue weighted by molar-refractivity contribution is 6.83. The number of hydrogen-bond acceptors (Lipinski definition) is 2. The van der Waals surface area contributed by atoms with Crippen molar-refractivity contribution in [1.29, 1.82) is 0 Å². The third-order valence-corrected chi connectivity index (χ3v) is 3.02. The van der Waals surface area contributed by atoms with Gasteiger partial charge in [0.15, 0.2) is 0 Å². The van der Waals surface area contributed by atoms with Crippen LogP contribution in [0.15, 0.2) is 30.7 Å². The van der Waals surface area contributed by atoms with E-state index in [0.717, 1.165) is 11.3 Å². The first kappa shape index (κ1) is 12.5. The summed E-state index contributed by atoms with van der Waals surface area (Å²) in [6.45, 7) is 6.57. The highest BCUT2D eigenvalue weighted by Crippen LogP contribution is 2.07. The molecule has 2 rings (SSSR count). The van der Waals surface area contributed by atoms with Gasteiger partial charge in [0, 0.05) is 6.20 Å². The second-order valence-electron chi connectivity index (χ2n) is 5.01. The van der Waals surface area contributed by atoms with Crippen molar-refractivity contribution in [3.63, 3.8) is 0 Å². The lowest BCUT2D eigenvalue weighted by molar-refractivity contribution is 0.582. The quantitative estimate of drug-likeness (QED) is 0.448. The molecule has 2 aromatic rings. The van der Waals surface area contributed by atoms with Crippen molar-refractivity contribution in [2.45, 2.75) is 19.6 Å². The molecule has 0 saturated carbocycles. The summed E-state index contributed by atoms with van der Waals surface area (Å²) in [5.74, 6) is 2.62. The smallest absolute Gasteiger partial charge is 0.212 e. The Balaban J connectivity index is 2.25. The maximum absolute atomic E-state index is 12.7. The van der Waals surface area contributed by atoms with Crippen molar-refractivity contribution in [2.75, 3.05) is 0 Å². The van der Waals surface area contributed by atoms with Crippen LogP contribution < -0.4 is 0 Å². The Kier molecular flexibility index (Phi) is 3.30. The van der Waals surface area contributed by atoms with Gasteiger partial charge in [0.25, 0.3) is 0 Å². The molecule has 0 bridgehead atoms. The van der Waals surface area contributed by atoms with E-state index < -0.39 is 14.0 Å². The summed E-state index contributed by atoms with van der Waals surface area (Å²) in [4.78, 5) is 3.59. The SMILES string of the molecule is C[Si](C)(C)C#Cc1cnn(-c2ccc(F)nc2)c1. The maximum Gasteiger partial charge on any atom is 0.212 e. The predicted molar refractivity (Wildman–Crippen MR) is 71.5 cm³/mol. The Labute approximate surface area is 107 Å². The molecular formula is C13H14FN3Si. The van der Waals surface area contributed by atoms with Gasteiger partial charge in [-0.2, -0.15) is 9.49 Å². The van der Waals surface area contributed by atoms with Crippen LogP contribution in [0.5, 0.6) is 0 Å². The molecule has 0 aliphatic rings. The molecule has 0 aliphatic carbocycles. The molecule has 3 nitrogen and oxygen atoms in total. The Morgan fingerprint density at radius 1 is 1.22 bits per heavy atom. The first-order valence-corrected chi connectivity index (χ1v) is 9.14. The molecule has 0 atom stereocenters. The Morgan fingerprint density at radius 3 is 2.61 bits per heavy atom. The van der Waals surface area contributed by atoms with Gasteiger partial charge in [0.1, 0.15) is 8.07 Å². The van der Waals surface area contributed by atoms with Gasteiger partial charge in [-0.1, -0.05) is 25.6 Å². The first-order chi connectivity index (χ1) is 8.44. The molecule has 0 amide bonds. The van der Waals surface area contributed by atoms with E-state index in [-0.39, 0.29) is 0 Å². The number of hydrogen-bond donors (Lipinski definition) is 0. The molecule has 92 valence electrons. The summed E-state index contributed by atoms with van der Waals surface area (Å²) in [6.07, 6.45) is 4.97. The highest BCUT2D eigenvalue weighted by atomic mass is 28.3. The van der Waals surface area contributed by atoms with Crippen LogP contribution in [-0.2, 0) is 0 Å². The van der Waals surface area contributed by atoms with Gasteiger partial charge in [0.05, 0.1) is 23.6 Å². The van der Waals surface area contributed by atoms with E-state index in [4.69, 9.17) is 0 Å². The molecule has 18 heavy (non-hydrogen) atoms. The van der Waals surface area contributed by atoms with Crippen molar-refractivity contribution in [3.8, 4) is 17.2 Å². The predicted octanol–water partition coefficient (Wildman–Crippen LogP) is 2.64. The van der Waals surface area contributed by atoms with Crippen LogP contribution in [0.1, 0.15) is 5.56 Å². The van der Waals surface area contributed by atoms with E-state index in [0.29, 0.717) is 0 Å². The standard InChI is InChI=1S/C13H14FN3Si/c1-18(2,3)7-6-11-8-16-17(10-11)12-4-5-13(14)15-9-12/h4-5,8-10H,1-3H3. The van der Waals surface area contributed by atoms with E-state index in [1.54, 1.807) is 16.9 Å². The van der Waals surface area contributed by atoms with Crippen molar-refractivity contribution < 1.29 is 4.39 Å². The zero-order chi connectivity index (χ0) is 13.2. The lowest BCUT2D eigenvalue weighted by atomic mass is 10.4. The average molecular weight is 259 g/mol. The van der Waals surface area contributed by atoms with Gasteiger partial charge in [0.2, 0.25) is 5.95 Å². The van der Waals surface area contributed by atoms with Crippen molar-refractivity contribution in [3.05, 3.63) is 42.2 Å². The fourth-order valence-corrected chi connectivity index (χ4v) is 1.81. The van der Waals surface area contributed by atoms with E-state index >= 15 is 0 Å². The highest BCUT2D eigenvalue weighted by Gasteiger charge is 2.08. The lowest BCUT2D eigenvalue weighted by Gasteiger charge is -2.02. The Hall–Kier alpha value is -1.93. The Bertz CT molecular complexity index is 600. The van der Waals surface area contributed by atoms with Crippen molar-refractivity contribution in [1.82, 2.24) is 14.8 Å². The van der Waals surface area contributed by atoms with Crippen LogP contribution >= 0.6 is 0 Å². The molecule has 2 aromatic heterocycles. The largest absolute Gasteiger partial charge is 0.238 e. The normalized spacial score (nSPS) is 10.9. The molecular weight excluding hydrogens is 245 g/mol. The fourth-order valence-electron chi connectivity index (χ4n) is 1.29. The van der Waals surface area contributed by atoms with Gasteiger partial charge in [-0.05, 0) is 12.1 Å². The number of nitrogens with zero attached hydrogens (tertiary/aromatic N) is 3. The summed E-state index contributed by atoms with van der Waals surface area (Å²) in [6, 6.07) is 2.94. The maximum atomic E-state index is 12.7. The monoisotopic (exact) mass is 259 g/mol. The van der Waals surface area contributed by atoms with Crippen LogP contribution in [0.4, 0.5) is 4.39 Å². The molecule has 2 heterocycles. The fraction of sp³-hybridized carbons (Fsp3) is 0.231. The van der Waals surface area contributed by atoms with Crippen LogP contribution in [0.3, 0.4) is 0 Å². The van der Waals surface area contributed by atoms with Crippen molar-refractivity contribution >= 4 is 8.07 Å². The molecule has 0 unspecified atom stereocenters. The van der Waals surface area contributed by atoms with Crippen LogP contribution in [-0.4, -0.2) is 22.8 Å². The zero-order valence-corrected chi connectivity index (χ0v) is 11.6. The molecule has 0 fully saturated rings. The topological polar surface area (TPSA) is 30.7 Å². The van der Waals surface area contributed by atoms with Crippen LogP contribution in [0, 0.1) is 17.4 Å². The Morgan fingerprint density at radius 2 is 2.00 bits per heavy atom. The number of aromatic nitrogens is 3. The van der Waals surface area contributed by atoms with Gasteiger partial charge in [-0.15, -0.1) is 5.54 Å².